The Morgan fingerprint density at radius 2 is 1.94 bits per heavy atom. The molecule has 6 nitrogen and oxygen atoms in total. The van der Waals surface area contributed by atoms with Crippen molar-refractivity contribution in [1.82, 2.24) is 10.2 Å². The molecule has 2 rings (SSSR count). The van der Waals surface area contributed by atoms with E-state index in [0.717, 1.165) is 51.2 Å². The van der Waals surface area contributed by atoms with Crippen LogP contribution in [-0.2, 0) is 10.9 Å². The predicted octanol–water partition coefficient (Wildman–Crippen LogP) is 3.78. The van der Waals surface area contributed by atoms with E-state index in [1.165, 1.54) is 12.1 Å². The number of ether oxygens (including phenoxy) is 2. The summed E-state index contributed by atoms with van der Waals surface area (Å²) in [7, 11) is 1.96. The smallest absolute Gasteiger partial charge is 0.416 e. The first kappa shape index (κ1) is 27.8. The van der Waals surface area contributed by atoms with Gasteiger partial charge in [-0.15, -0.1) is 24.0 Å². The molecule has 31 heavy (non-hydrogen) atoms. The lowest BCUT2D eigenvalue weighted by Gasteiger charge is -2.27. The molecule has 178 valence electrons. The van der Waals surface area contributed by atoms with Crippen LogP contribution in [0.1, 0.15) is 31.7 Å². The van der Waals surface area contributed by atoms with E-state index in [1.807, 2.05) is 18.9 Å². The SMILES string of the molecule is CCNC(=NCC(O)COc1ccc(C(F)(F)F)cc1)N(C)CCC1CCOCC1.I. The summed E-state index contributed by atoms with van der Waals surface area (Å²) >= 11 is 0. The van der Waals surface area contributed by atoms with Crippen molar-refractivity contribution in [2.45, 2.75) is 38.5 Å². The monoisotopic (exact) mass is 559 g/mol. The van der Waals surface area contributed by atoms with Crippen LogP contribution in [0.5, 0.6) is 5.75 Å². The number of rotatable bonds is 9. The molecule has 0 amide bonds. The topological polar surface area (TPSA) is 66.3 Å². The zero-order chi connectivity index (χ0) is 22.0. The Hall–Kier alpha value is -1.27. The molecule has 10 heteroatoms. The van der Waals surface area contributed by atoms with E-state index in [4.69, 9.17) is 9.47 Å². The highest BCUT2D eigenvalue weighted by Gasteiger charge is 2.30. The Morgan fingerprint density at radius 1 is 1.29 bits per heavy atom. The van der Waals surface area contributed by atoms with Gasteiger partial charge in [0.2, 0.25) is 0 Å². The van der Waals surface area contributed by atoms with Crippen molar-refractivity contribution in [3.8, 4) is 5.75 Å². The molecule has 0 spiro atoms. The van der Waals surface area contributed by atoms with E-state index >= 15 is 0 Å². The van der Waals surface area contributed by atoms with Crippen LogP contribution < -0.4 is 10.1 Å². The molecule has 1 saturated heterocycles. The Morgan fingerprint density at radius 3 is 2.52 bits per heavy atom. The zero-order valence-corrected chi connectivity index (χ0v) is 20.4. The molecule has 0 aliphatic carbocycles. The molecule has 1 fully saturated rings. The number of halogens is 4. The van der Waals surface area contributed by atoms with Gasteiger partial charge >= 0.3 is 6.18 Å². The number of alkyl halides is 3. The van der Waals surface area contributed by atoms with Gasteiger partial charge in [0.1, 0.15) is 18.5 Å². The average molecular weight is 559 g/mol. The molecule has 1 aromatic carbocycles. The summed E-state index contributed by atoms with van der Waals surface area (Å²) in [5, 5.41) is 13.4. The van der Waals surface area contributed by atoms with Gasteiger partial charge in [0.05, 0.1) is 12.1 Å². The number of aliphatic hydroxyl groups excluding tert-OH is 1. The summed E-state index contributed by atoms with van der Waals surface area (Å²) in [6, 6.07) is 4.40. The van der Waals surface area contributed by atoms with E-state index in [-0.39, 0.29) is 42.9 Å². The highest BCUT2D eigenvalue weighted by atomic mass is 127. The number of benzene rings is 1. The second-order valence-electron chi connectivity index (χ2n) is 7.45. The minimum absolute atomic E-state index is 0. The fourth-order valence-electron chi connectivity index (χ4n) is 3.16. The predicted molar refractivity (Wildman–Crippen MR) is 125 cm³/mol. The first-order valence-electron chi connectivity index (χ1n) is 10.3. The fraction of sp³-hybridized carbons (Fsp3) is 0.667. The van der Waals surface area contributed by atoms with Crippen LogP contribution in [0.25, 0.3) is 0 Å². The molecule has 1 aliphatic heterocycles. The lowest BCUT2D eigenvalue weighted by atomic mass is 9.96. The van der Waals surface area contributed by atoms with Crippen molar-refractivity contribution in [1.29, 1.82) is 0 Å². The molecule has 0 aromatic heterocycles. The summed E-state index contributed by atoms with van der Waals surface area (Å²) in [6.07, 6.45) is -2.02. The Labute approximate surface area is 199 Å². The molecular formula is C21H33F3IN3O3. The van der Waals surface area contributed by atoms with Crippen LogP contribution in [0, 0.1) is 5.92 Å². The van der Waals surface area contributed by atoms with E-state index in [9.17, 15) is 18.3 Å². The lowest BCUT2D eigenvalue weighted by molar-refractivity contribution is -0.137. The van der Waals surface area contributed by atoms with Crippen LogP contribution in [0.4, 0.5) is 13.2 Å². The quantitative estimate of drug-likeness (QED) is 0.274. The van der Waals surface area contributed by atoms with Crippen LogP contribution in [0.2, 0.25) is 0 Å². The molecule has 1 aromatic rings. The average Bonchev–Trinajstić information content (AvgIpc) is 2.74. The van der Waals surface area contributed by atoms with E-state index in [0.29, 0.717) is 18.4 Å². The van der Waals surface area contributed by atoms with Crippen molar-refractivity contribution < 1.29 is 27.8 Å². The lowest BCUT2D eigenvalue weighted by Crippen LogP contribution is -2.40. The van der Waals surface area contributed by atoms with E-state index in [2.05, 4.69) is 10.3 Å². The van der Waals surface area contributed by atoms with Crippen molar-refractivity contribution >= 4 is 29.9 Å². The summed E-state index contributed by atoms with van der Waals surface area (Å²) in [5.41, 5.74) is -0.737. The minimum atomic E-state index is -4.38. The number of nitrogens with zero attached hydrogens (tertiary/aromatic N) is 2. The third-order valence-corrected chi connectivity index (χ3v) is 4.99. The summed E-state index contributed by atoms with van der Waals surface area (Å²) in [4.78, 5) is 6.51. The van der Waals surface area contributed by atoms with Gasteiger partial charge in [0.25, 0.3) is 0 Å². The first-order valence-corrected chi connectivity index (χ1v) is 10.3. The highest BCUT2D eigenvalue weighted by Crippen LogP contribution is 2.30. The minimum Gasteiger partial charge on any atom is -0.491 e. The number of aliphatic imine (C=N–C) groups is 1. The second-order valence-corrected chi connectivity index (χ2v) is 7.45. The van der Waals surface area contributed by atoms with Gasteiger partial charge in [-0.25, -0.2) is 0 Å². The number of hydrogen-bond donors (Lipinski definition) is 2. The molecule has 2 N–H and O–H groups in total. The van der Waals surface area contributed by atoms with Crippen LogP contribution in [0.3, 0.4) is 0 Å². The van der Waals surface area contributed by atoms with Crippen molar-refractivity contribution in [2.24, 2.45) is 10.9 Å². The number of aliphatic hydroxyl groups is 1. The van der Waals surface area contributed by atoms with E-state index < -0.39 is 17.8 Å². The standard InChI is InChI=1S/C21H32F3N3O3.HI/c1-3-25-20(27(2)11-8-16-9-12-29-13-10-16)26-14-18(28)15-30-19-6-4-17(5-7-19)21(22,23)24;/h4-7,16,18,28H,3,8-15H2,1-2H3,(H,25,26);1H. The third kappa shape index (κ3) is 10.3. The molecule has 0 radical (unpaired) electrons. The molecule has 1 aliphatic rings. The van der Waals surface area contributed by atoms with Gasteiger partial charge in [0, 0.05) is 33.4 Å². The zero-order valence-electron chi connectivity index (χ0n) is 18.0. The molecule has 1 atom stereocenters. The Bertz CT molecular complexity index is 654. The summed E-state index contributed by atoms with van der Waals surface area (Å²) < 4.78 is 48.5. The van der Waals surface area contributed by atoms with Crippen LogP contribution >= 0.6 is 24.0 Å². The number of hydrogen-bond acceptors (Lipinski definition) is 4. The van der Waals surface area contributed by atoms with Crippen molar-refractivity contribution in [3.05, 3.63) is 29.8 Å². The highest BCUT2D eigenvalue weighted by molar-refractivity contribution is 14.0. The molecule has 1 unspecified atom stereocenters. The normalized spacial score (nSPS) is 16.4. The van der Waals surface area contributed by atoms with Gasteiger partial charge in [-0.3, -0.25) is 4.99 Å². The van der Waals surface area contributed by atoms with Crippen molar-refractivity contribution in [3.63, 3.8) is 0 Å². The van der Waals surface area contributed by atoms with E-state index in [1.54, 1.807) is 0 Å². The van der Waals surface area contributed by atoms with Gasteiger partial charge in [-0.1, -0.05) is 0 Å². The third-order valence-electron chi connectivity index (χ3n) is 4.99. The van der Waals surface area contributed by atoms with Crippen LogP contribution in [0.15, 0.2) is 29.3 Å². The van der Waals surface area contributed by atoms with Crippen molar-refractivity contribution in [2.75, 3.05) is 46.5 Å². The molecular weight excluding hydrogens is 526 g/mol. The van der Waals surface area contributed by atoms with Crippen LogP contribution in [-0.4, -0.2) is 68.6 Å². The molecule has 0 bridgehead atoms. The number of nitrogens with one attached hydrogen (secondary N) is 1. The molecule has 1 heterocycles. The maximum absolute atomic E-state index is 12.6. The van der Waals surface area contributed by atoms with Gasteiger partial charge in [-0.2, -0.15) is 13.2 Å². The second kappa shape index (κ2) is 14.0. The largest absolute Gasteiger partial charge is 0.491 e. The summed E-state index contributed by atoms with van der Waals surface area (Å²) in [6.45, 7) is 5.27. The summed E-state index contributed by atoms with van der Waals surface area (Å²) in [5.74, 6) is 1.64. The molecule has 0 saturated carbocycles. The fourth-order valence-corrected chi connectivity index (χ4v) is 3.16. The Kier molecular flexibility index (Phi) is 12.5. The maximum atomic E-state index is 12.6. The Balaban J connectivity index is 0.00000480. The first-order chi connectivity index (χ1) is 14.3. The van der Waals surface area contributed by atoms with Gasteiger partial charge in [0.15, 0.2) is 5.96 Å². The maximum Gasteiger partial charge on any atom is 0.416 e. The van der Waals surface area contributed by atoms with Gasteiger partial charge in [-0.05, 0) is 56.4 Å². The van der Waals surface area contributed by atoms with Gasteiger partial charge < -0.3 is 24.8 Å². The number of guanidine groups is 1.